The minimum absolute atomic E-state index is 0.824. The zero-order valence-corrected chi connectivity index (χ0v) is 19.7. The zero-order valence-electron chi connectivity index (χ0n) is 19.7. The average molecular weight is 407 g/mol. The molecule has 0 radical (unpaired) electrons. The fourth-order valence-electron chi connectivity index (χ4n) is 7.32. The Kier molecular flexibility index (Phi) is 8.14. The van der Waals surface area contributed by atoms with Crippen LogP contribution in [0.4, 0.5) is 0 Å². The number of hydrogen-bond donors (Lipinski definition) is 0. The zero-order chi connectivity index (χ0) is 20.8. The summed E-state index contributed by atoms with van der Waals surface area (Å²) in [7, 11) is 0. The summed E-state index contributed by atoms with van der Waals surface area (Å²) in [5.41, 5.74) is 3.08. The normalized spacial score (nSPS) is 34.3. The first-order chi connectivity index (χ1) is 14.8. The number of hydrogen-bond acceptors (Lipinski definition) is 0. The van der Waals surface area contributed by atoms with Gasteiger partial charge in [-0.15, -0.1) is 6.58 Å². The van der Waals surface area contributed by atoms with Crippen LogP contribution in [0.5, 0.6) is 0 Å². The van der Waals surface area contributed by atoms with Crippen LogP contribution in [0, 0.1) is 29.6 Å². The molecule has 1 aromatic carbocycles. The Bertz CT molecular complexity index is 633. The van der Waals surface area contributed by atoms with Crippen LogP contribution in [0.15, 0.2) is 36.9 Å². The third-order valence-electron chi connectivity index (χ3n) is 9.27. The molecule has 3 aliphatic carbocycles. The van der Waals surface area contributed by atoms with E-state index >= 15 is 0 Å². The van der Waals surface area contributed by atoms with E-state index in [1.54, 1.807) is 44.1 Å². The van der Waals surface area contributed by atoms with E-state index in [4.69, 9.17) is 0 Å². The van der Waals surface area contributed by atoms with Crippen LogP contribution in [0.1, 0.15) is 114 Å². The van der Waals surface area contributed by atoms with Gasteiger partial charge in [-0.05, 0) is 111 Å². The predicted molar refractivity (Wildman–Crippen MR) is 131 cm³/mol. The van der Waals surface area contributed by atoms with Gasteiger partial charge in [0.15, 0.2) is 0 Å². The van der Waals surface area contributed by atoms with Gasteiger partial charge in [0.05, 0.1) is 0 Å². The summed E-state index contributed by atoms with van der Waals surface area (Å²) in [5.74, 6) is 6.09. The van der Waals surface area contributed by atoms with Crippen molar-refractivity contribution < 1.29 is 0 Å². The lowest BCUT2D eigenvalue weighted by atomic mass is 9.60. The van der Waals surface area contributed by atoms with E-state index in [0.717, 1.165) is 48.3 Å². The summed E-state index contributed by atoms with van der Waals surface area (Å²) in [5, 5.41) is 0. The van der Waals surface area contributed by atoms with Crippen LogP contribution in [0.2, 0.25) is 0 Å². The molecule has 4 unspecified atom stereocenters. The number of aryl methyl sites for hydroxylation is 1. The molecular weight excluding hydrogens is 360 g/mol. The van der Waals surface area contributed by atoms with Gasteiger partial charge in [-0.3, -0.25) is 0 Å². The second kappa shape index (κ2) is 11.0. The van der Waals surface area contributed by atoms with Crippen molar-refractivity contribution in [3.8, 4) is 0 Å². The van der Waals surface area contributed by atoms with Crippen LogP contribution in [-0.2, 0) is 6.42 Å². The third kappa shape index (κ3) is 5.60. The fraction of sp³-hybridized carbons (Fsp3) is 0.733. The summed E-state index contributed by atoms with van der Waals surface area (Å²) < 4.78 is 0. The van der Waals surface area contributed by atoms with Gasteiger partial charge in [0.25, 0.3) is 0 Å². The van der Waals surface area contributed by atoms with Crippen molar-refractivity contribution in [1.82, 2.24) is 0 Å². The van der Waals surface area contributed by atoms with E-state index in [2.05, 4.69) is 37.8 Å². The summed E-state index contributed by atoms with van der Waals surface area (Å²) in [6.45, 7) is 6.20. The summed E-state index contributed by atoms with van der Waals surface area (Å²) >= 11 is 0. The maximum Gasteiger partial charge on any atom is -0.0159 e. The average Bonchev–Trinajstić information content (AvgIpc) is 2.81. The number of allylic oxidation sites excluding steroid dienone is 1. The first-order valence-corrected chi connectivity index (χ1v) is 13.5. The molecular formula is C30H46. The highest BCUT2D eigenvalue weighted by atomic mass is 14.4. The predicted octanol–water partition coefficient (Wildman–Crippen LogP) is 9.10. The SMILES string of the molecule is C=CCCc1ccc(C2CCC3CC(C4CCC(CCCC)CC4)CCC3C2)cc1. The van der Waals surface area contributed by atoms with Crippen molar-refractivity contribution in [1.29, 1.82) is 0 Å². The lowest BCUT2D eigenvalue weighted by Gasteiger charge is -2.45. The van der Waals surface area contributed by atoms with Crippen LogP contribution >= 0.6 is 0 Å². The molecule has 4 rings (SSSR count). The maximum absolute atomic E-state index is 3.85. The highest BCUT2D eigenvalue weighted by molar-refractivity contribution is 5.26. The van der Waals surface area contributed by atoms with E-state index in [1.807, 2.05) is 6.08 Å². The van der Waals surface area contributed by atoms with Crippen molar-refractivity contribution in [2.75, 3.05) is 0 Å². The van der Waals surface area contributed by atoms with Gasteiger partial charge in [0, 0.05) is 0 Å². The smallest absolute Gasteiger partial charge is 0.0159 e. The first kappa shape index (κ1) is 22.2. The van der Waals surface area contributed by atoms with Gasteiger partial charge in [-0.25, -0.2) is 0 Å². The van der Waals surface area contributed by atoms with Crippen molar-refractivity contribution in [2.24, 2.45) is 29.6 Å². The van der Waals surface area contributed by atoms with E-state index in [9.17, 15) is 0 Å². The molecule has 0 spiro atoms. The molecule has 0 aromatic heterocycles. The number of rotatable bonds is 8. The Balaban J connectivity index is 1.24. The first-order valence-electron chi connectivity index (χ1n) is 13.5. The van der Waals surface area contributed by atoms with Crippen molar-refractivity contribution in [3.63, 3.8) is 0 Å². The highest BCUT2D eigenvalue weighted by Gasteiger charge is 2.38. The van der Waals surface area contributed by atoms with Gasteiger partial charge < -0.3 is 0 Å². The molecule has 0 heteroatoms. The number of fused-ring (bicyclic) bond motifs is 1. The maximum atomic E-state index is 3.85. The molecule has 3 saturated carbocycles. The Morgan fingerprint density at radius 3 is 2.13 bits per heavy atom. The van der Waals surface area contributed by atoms with Gasteiger partial charge in [0.1, 0.15) is 0 Å². The topological polar surface area (TPSA) is 0 Å². The summed E-state index contributed by atoms with van der Waals surface area (Å²) in [6.07, 6.45) is 23.8. The summed E-state index contributed by atoms with van der Waals surface area (Å²) in [4.78, 5) is 0. The quantitative estimate of drug-likeness (QED) is 0.377. The second-order valence-corrected chi connectivity index (χ2v) is 11.1. The molecule has 30 heavy (non-hydrogen) atoms. The van der Waals surface area contributed by atoms with Crippen molar-refractivity contribution in [3.05, 3.63) is 48.0 Å². The van der Waals surface area contributed by atoms with Crippen LogP contribution in [-0.4, -0.2) is 0 Å². The molecule has 3 aliphatic rings. The standard InChI is InChI=1S/C30H46/c1-3-5-7-23-9-13-25(14-10-23)27-17-19-30-22-28(18-20-29(30)21-27)26-15-11-24(12-16-26)8-6-4-2/h3,9-10,13-14,24,26-30H,1,4-8,11-12,15-22H2,2H3. The van der Waals surface area contributed by atoms with E-state index in [1.165, 1.54) is 50.5 Å². The lowest BCUT2D eigenvalue weighted by Crippen LogP contribution is -2.34. The van der Waals surface area contributed by atoms with Gasteiger partial charge in [-0.1, -0.05) is 69.4 Å². The van der Waals surface area contributed by atoms with Gasteiger partial charge >= 0.3 is 0 Å². The van der Waals surface area contributed by atoms with Crippen LogP contribution < -0.4 is 0 Å². The number of unbranched alkanes of at least 4 members (excludes halogenated alkanes) is 1. The Labute approximate surface area is 186 Å². The van der Waals surface area contributed by atoms with Crippen LogP contribution in [0.25, 0.3) is 0 Å². The highest BCUT2D eigenvalue weighted by Crippen LogP contribution is 2.51. The monoisotopic (exact) mass is 406 g/mol. The molecule has 0 heterocycles. The molecule has 4 atom stereocenters. The molecule has 3 fully saturated rings. The Morgan fingerprint density at radius 2 is 1.43 bits per heavy atom. The molecule has 0 aliphatic heterocycles. The van der Waals surface area contributed by atoms with Crippen molar-refractivity contribution >= 4 is 0 Å². The largest absolute Gasteiger partial charge is 0.103 e. The molecule has 0 N–H and O–H groups in total. The van der Waals surface area contributed by atoms with Crippen molar-refractivity contribution in [2.45, 2.75) is 109 Å². The molecule has 1 aromatic rings. The van der Waals surface area contributed by atoms with E-state index in [0.29, 0.717) is 0 Å². The Morgan fingerprint density at radius 1 is 0.800 bits per heavy atom. The molecule has 0 nitrogen and oxygen atoms in total. The van der Waals surface area contributed by atoms with E-state index < -0.39 is 0 Å². The van der Waals surface area contributed by atoms with Gasteiger partial charge in [-0.2, -0.15) is 0 Å². The summed E-state index contributed by atoms with van der Waals surface area (Å²) in [6, 6.07) is 9.62. The number of benzene rings is 1. The minimum atomic E-state index is 0.824. The molecule has 0 bridgehead atoms. The van der Waals surface area contributed by atoms with Gasteiger partial charge in [0.2, 0.25) is 0 Å². The minimum Gasteiger partial charge on any atom is -0.103 e. The molecule has 0 amide bonds. The second-order valence-electron chi connectivity index (χ2n) is 11.1. The molecule has 166 valence electrons. The lowest BCUT2D eigenvalue weighted by molar-refractivity contribution is 0.0711. The van der Waals surface area contributed by atoms with Crippen LogP contribution in [0.3, 0.4) is 0 Å². The fourth-order valence-corrected chi connectivity index (χ4v) is 7.32. The molecule has 0 saturated heterocycles. The third-order valence-corrected chi connectivity index (χ3v) is 9.27. The van der Waals surface area contributed by atoms with E-state index in [-0.39, 0.29) is 0 Å². The Hall–Kier alpha value is -1.04.